The van der Waals surface area contributed by atoms with Crippen molar-refractivity contribution in [3.63, 3.8) is 0 Å². The van der Waals surface area contributed by atoms with Crippen LogP contribution in [0.3, 0.4) is 0 Å². The van der Waals surface area contributed by atoms with Gasteiger partial charge in [-0.2, -0.15) is 5.26 Å². The minimum Gasteiger partial charge on any atom is -0.424 e. The second kappa shape index (κ2) is 6.71. The fourth-order valence-electron chi connectivity index (χ4n) is 3.06. The molecule has 1 saturated heterocycles. The molecule has 0 aliphatic carbocycles. The lowest BCUT2D eigenvalue weighted by Crippen LogP contribution is -2.33. The molecule has 2 heterocycles. The molecule has 1 aromatic heterocycles. The molecule has 0 N–H and O–H groups in total. The zero-order valence-electron chi connectivity index (χ0n) is 16.6. The van der Waals surface area contributed by atoms with E-state index in [1.807, 2.05) is 20.8 Å². The minimum atomic E-state index is -0.726. The summed E-state index contributed by atoms with van der Waals surface area (Å²) < 4.78 is 5.83. The van der Waals surface area contributed by atoms with Crippen molar-refractivity contribution in [3.05, 3.63) is 41.7 Å². The first-order valence-corrected chi connectivity index (χ1v) is 8.95. The third-order valence-electron chi connectivity index (χ3n) is 4.62. The lowest BCUT2D eigenvalue weighted by molar-refractivity contribution is -0.124. The molecule has 7 heteroatoms. The van der Waals surface area contributed by atoms with Crippen molar-refractivity contribution in [2.75, 3.05) is 4.90 Å². The topological polar surface area (TPSA) is 96.2 Å². The minimum absolute atomic E-state index is 0.0947. The molecule has 7 nitrogen and oxygen atoms in total. The predicted molar refractivity (Wildman–Crippen MR) is 103 cm³/mol. The first-order chi connectivity index (χ1) is 13.0. The second-order valence-electron chi connectivity index (χ2n) is 8.49. The van der Waals surface area contributed by atoms with Gasteiger partial charge in [-0.15, -0.1) is 0 Å². The number of hydrogen-bond donors (Lipinski definition) is 0. The summed E-state index contributed by atoms with van der Waals surface area (Å²) in [6.45, 7) is 9.54. The standard InChI is InChI=1S/C21H22N4O3/c1-20(2,3)15-8-13(10-22)6-7-16(15)28-19-23-11-14(12-24-19)25-17(26)9-21(4,5)18(25)27/h6-8,11-12H,9H2,1-5H3. The molecule has 1 aliphatic heterocycles. The highest BCUT2D eigenvalue weighted by Crippen LogP contribution is 2.36. The summed E-state index contributed by atoms with van der Waals surface area (Å²) in [7, 11) is 0. The molecule has 144 valence electrons. The molecular weight excluding hydrogens is 356 g/mol. The Morgan fingerprint density at radius 1 is 1.18 bits per heavy atom. The van der Waals surface area contributed by atoms with Crippen LogP contribution in [-0.2, 0) is 15.0 Å². The predicted octanol–water partition coefficient (Wildman–Crippen LogP) is 3.73. The SMILES string of the molecule is CC1(C)CC(=O)N(c2cnc(Oc3ccc(C#N)cc3C(C)(C)C)nc2)C1=O. The molecule has 2 aromatic rings. The van der Waals surface area contributed by atoms with E-state index in [9.17, 15) is 9.59 Å². The number of ether oxygens (including phenoxy) is 1. The molecule has 1 aliphatic rings. The lowest BCUT2D eigenvalue weighted by Gasteiger charge is -2.22. The number of imide groups is 1. The number of hydrogen-bond acceptors (Lipinski definition) is 6. The Morgan fingerprint density at radius 2 is 1.82 bits per heavy atom. The molecule has 1 aromatic carbocycles. The van der Waals surface area contributed by atoms with Crippen LogP contribution < -0.4 is 9.64 Å². The number of carbonyl (C=O) groups is 2. The maximum atomic E-state index is 12.4. The van der Waals surface area contributed by atoms with E-state index in [4.69, 9.17) is 10.00 Å². The number of rotatable bonds is 3. The first kappa shape index (κ1) is 19.5. The number of amides is 2. The van der Waals surface area contributed by atoms with E-state index in [0.717, 1.165) is 10.5 Å². The average Bonchev–Trinajstić information content (AvgIpc) is 2.82. The zero-order valence-corrected chi connectivity index (χ0v) is 16.6. The van der Waals surface area contributed by atoms with Crippen LogP contribution in [0.1, 0.15) is 52.2 Å². The molecule has 0 spiro atoms. The van der Waals surface area contributed by atoms with Crippen molar-refractivity contribution in [2.24, 2.45) is 5.41 Å². The maximum absolute atomic E-state index is 12.4. The first-order valence-electron chi connectivity index (χ1n) is 8.95. The highest BCUT2D eigenvalue weighted by atomic mass is 16.5. The van der Waals surface area contributed by atoms with E-state index >= 15 is 0 Å². The summed E-state index contributed by atoms with van der Waals surface area (Å²) in [5, 5.41) is 9.15. The van der Waals surface area contributed by atoms with Crippen molar-refractivity contribution in [1.82, 2.24) is 9.97 Å². The molecule has 0 unspecified atom stereocenters. The Morgan fingerprint density at radius 3 is 2.32 bits per heavy atom. The fraction of sp³-hybridized carbons (Fsp3) is 0.381. The van der Waals surface area contributed by atoms with Crippen LogP contribution in [0.25, 0.3) is 0 Å². The van der Waals surface area contributed by atoms with Crippen molar-refractivity contribution in [1.29, 1.82) is 5.26 Å². The maximum Gasteiger partial charge on any atom is 0.322 e. The third-order valence-corrected chi connectivity index (χ3v) is 4.62. The Kier molecular flexibility index (Phi) is 4.67. The Bertz CT molecular complexity index is 982. The number of anilines is 1. The molecule has 0 bridgehead atoms. The van der Waals surface area contributed by atoms with Crippen molar-refractivity contribution in [2.45, 2.75) is 46.5 Å². The normalized spacial score (nSPS) is 16.2. The van der Waals surface area contributed by atoms with Gasteiger partial charge in [-0.3, -0.25) is 9.59 Å². The highest BCUT2D eigenvalue weighted by Gasteiger charge is 2.45. The summed E-state index contributed by atoms with van der Waals surface area (Å²) in [4.78, 5) is 34.0. The largest absolute Gasteiger partial charge is 0.424 e. The molecule has 1 fully saturated rings. The number of carbonyl (C=O) groups excluding carboxylic acids is 2. The molecule has 28 heavy (non-hydrogen) atoms. The van der Waals surface area contributed by atoms with Crippen molar-refractivity contribution in [3.8, 4) is 17.8 Å². The van der Waals surface area contributed by atoms with Gasteiger partial charge in [0.25, 0.3) is 0 Å². The highest BCUT2D eigenvalue weighted by molar-refractivity contribution is 6.22. The van der Waals surface area contributed by atoms with Crippen LogP contribution in [-0.4, -0.2) is 21.8 Å². The summed E-state index contributed by atoms with van der Waals surface area (Å²) in [6.07, 6.45) is 2.96. The van der Waals surface area contributed by atoms with E-state index in [-0.39, 0.29) is 29.7 Å². The van der Waals surface area contributed by atoms with E-state index in [1.54, 1.807) is 32.0 Å². The monoisotopic (exact) mass is 378 g/mol. The summed E-state index contributed by atoms with van der Waals surface area (Å²) in [5.41, 5.74) is 0.746. The molecule has 0 radical (unpaired) electrons. The van der Waals surface area contributed by atoms with Gasteiger partial charge in [0.15, 0.2) is 0 Å². The van der Waals surface area contributed by atoms with Gasteiger partial charge in [0, 0.05) is 12.0 Å². The van der Waals surface area contributed by atoms with Gasteiger partial charge < -0.3 is 4.74 Å². The fourth-order valence-corrected chi connectivity index (χ4v) is 3.06. The Labute approximate surface area is 164 Å². The molecular formula is C21H22N4O3. The number of nitrogens with zero attached hydrogens (tertiary/aromatic N) is 4. The van der Waals surface area contributed by atoms with Gasteiger partial charge in [-0.25, -0.2) is 14.9 Å². The Balaban J connectivity index is 1.88. The molecule has 2 amide bonds. The van der Waals surface area contributed by atoms with Crippen LogP contribution in [0.15, 0.2) is 30.6 Å². The number of aromatic nitrogens is 2. The van der Waals surface area contributed by atoms with Crippen molar-refractivity contribution < 1.29 is 14.3 Å². The van der Waals surface area contributed by atoms with E-state index < -0.39 is 5.41 Å². The van der Waals surface area contributed by atoms with Crippen LogP contribution >= 0.6 is 0 Å². The molecule has 0 atom stereocenters. The summed E-state index contributed by atoms with van der Waals surface area (Å²) >= 11 is 0. The van der Waals surface area contributed by atoms with Gasteiger partial charge in [-0.1, -0.05) is 34.6 Å². The van der Waals surface area contributed by atoms with Gasteiger partial charge >= 0.3 is 6.01 Å². The second-order valence-corrected chi connectivity index (χ2v) is 8.49. The average molecular weight is 378 g/mol. The summed E-state index contributed by atoms with van der Waals surface area (Å²) in [6, 6.07) is 7.39. The third kappa shape index (κ3) is 3.58. The van der Waals surface area contributed by atoms with E-state index in [0.29, 0.717) is 17.0 Å². The molecule has 3 rings (SSSR count). The van der Waals surface area contributed by atoms with Crippen LogP contribution in [0.4, 0.5) is 5.69 Å². The van der Waals surface area contributed by atoms with E-state index in [1.165, 1.54) is 12.4 Å². The van der Waals surface area contributed by atoms with Crippen LogP contribution in [0.5, 0.6) is 11.8 Å². The Hall–Kier alpha value is -3.27. The smallest absolute Gasteiger partial charge is 0.322 e. The molecule has 0 saturated carbocycles. The van der Waals surface area contributed by atoms with Crippen molar-refractivity contribution >= 4 is 17.5 Å². The quantitative estimate of drug-likeness (QED) is 0.755. The van der Waals surface area contributed by atoms with Gasteiger partial charge in [0.1, 0.15) is 5.75 Å². The van der Waals surface area contributed by atoms with Crippen LogP contribution in [0, 0.1) is 16.7 Å². The lowest BCUT2D eigenvalue weighted by atomic mass is 9.85. The number of benzene rings is 1. The number of nitriles is 1. The van der Waals surface area contributed by atoms with Gasteiger partial charge in [0.05, 0.1) is 35.1 Å². The zero-order chi connectivity index (χ0) is 20.7. The van der Waals surface area contributed by atoms with Crippen LogP contribution in [0.2, 0.25) is 0 Å². The van der Waals surface area contributed by atoms with Gasteiger partial charge in [0.2, 0.25) is 11.8 Å². The summed E-state index contributed by atoms with van der Waals surface area (Å²) in [5.74, 6) is 0.0139. The van der Waals surface area contributed by atoms with Gasteiger partial charge in [-0.05, 0) is 23.6 Å². The van der Waals surface area contributed by atoms with E-state index in [2.05, 4.69) is 16.0 Å².